The predicted molar refractivity (Wildman–Crippen MR) is 69.9 cm³/mol. The monoisotopic (exact) mass is 272 g/mol. The van der Waals surface area contributed by atoms with Crippen LogP contribution in [0.25, 0.3) is 0 Å². The first kappa shape index (κ1) is 13.4. The van der Waals surface area contributed by atoms with Crippen LogP contribution in [0.3, 0.4) is 0 Å². The molecule has 2 rings (SSSR count). The second-order valence-corrected chi connectivity index (χ2v) is 3.99. The van der Waals surface area contributed by atoms with Crippen molar-refractivity contribution in [2.45, 2.75) is 0 Å². The molecule has 0 saturated carbocycles. The average Bonchev–Trinajstić information content (AvgIpc) is 2.39. The second kappa shape index (κ2) is 5.31. The molecule has 0 aliphatic carbocycles. The number of benzene rings is 2. The minimum absolute atomic E-state index is 0.0801. The molecule has 2 aromatic carbocycles. The molecule has 20 heavy (non-hydrogen) atoms. The summed E-state index contributed by atoms with van der Waals surface area (Å²) in [5.74, 6) is -2.15. The van der Waals surface area contributed by atoms with Gasteiger partial charge in [-0.05, 0) is 24.3 Å². The highest BCUT2D eigenvalue weighted by molar-refractivity contribution is 5.92. The Kier molecular flexibility index (Phi) is 3.56. The number of phenolic OH excluding ortho intramolecular Hbond substituents is 2. The molecule has 0 atom stereocenters. The van der Waals surface area contributed by atoms with Crippen molar-refractivity contribution < 1.29 is 25.2 Å². The Morgan fingerprint density at radius 3 is 2.55 bits per heavy atom. The van der Waals surface area contributed by atoms with Gasteiger partial charge < -0.3 is 20.4 Å². The van der Waals surface area contributed by atoms with Gasteiger partial charge >= 0.3 is 5.97 Å². The fourth-order valence-electron chi connectivity index (χ4n) is 1.55. The van der Waals surface area contributed by atoms with Crippen LogP contribution in [0.1, 0.15) is 15.9 Å². The molecule has 0 aliphatic heterocycles. The van der Waals surface area contributed by atoms with Gasteiger partial charge in [0.2, 0.25) is 0 Å². The number of carboxylic acids is 1. The maximum Gasteiger partial charge on any atom is 0.335 e. The molecule has 0 heterocycles. The van der Waals surface area contributed by atoms with Gasteiger partial charge in [0.15, 0.2) is 0 Å². The van der Waals surface area contributed by atoms with Gasteiger partial charge in [0.05, 0.1) is 11.3 Å². The SMILES string of the molecule is O=C(O)c1cc(N=Cc2ccc(O)cc2O)ccc1[O-]. The molecule has 0 aliphatic rings. The molecule has 3 N–H and O–H groups in total. The van der Waals surface area contributed by atoms with Crippen LogP contribution < -0.4 is 5.11 Å². The Bertz CT molecular complexity index is 694. The van der Waals surface area contributed by atoms with Gasteiger partial charge in [-0.1, -0.05) is 11.8 Å². The van der Waals surface area contributed by atoms with E-state index in [4.69, 9.17) is 10.2 Å². The lowest BCUT2D eigenvalue weighted by molar-refractivity contribution is -0.268. The Labute approximate surface area is 113 Å². The number of carbonyl (C=O) groups is 1. The van der Waals surface area contributed by atoms with Gasteiger partial charge in [-0.2, -0.15) is 0 Å². The molecule has 0 bridgehead atoms. The molecule has 0 spiro atoms. The van der Waals surface area contributed by atoms with Crippen LogP contribution in [0, 0.1) is 0 Å². The molecule has 0 unspecified atom stereocenters. The van der Waals surface area contributed by atoms with Crippen molar-refractivity contribution in [1.29, 1.82) is 0 Å². The van der Waals surface area contributed by atoms with Crippen molar-refractivity contribution in [1.82, 2.24) is 0 Å². The van der Waals surface area contributed by atoms with E-state index in [1.54, 1.807) is 0 Å². The van der Waals surface area contributed by atoms with Gasteiger partial charge in [-0.3, -0.25) is 4.99 Å². The highest BCUT2D eigenvalue weighted by Gasteiger charge is 2.04. The van der Waals surface area contributed by atoms with E-state index in [9.17, 15) is 15.0 Å². The number of phenols is 2. The van der Waals surface area contributed by atoms with E-state index in [0.29, 0.717) is 5.56 Å². The standard InChI is InChI=1S/C14H11NO5/c16-10-3-1-8(13(18)6-10)7-15-9-2-4-12(17)11(5-9)14(19)20/h1-7,16-18H,(H,19,20)/p-1. The number of aromatic carboxylic acids is 1. The van der Waals surface area contributed by atoms with Gasteiger partial charge in [-0.25, -0.2) is 4.79 Å². The number of hydrogen-bond donors (Lipinski definition) is 3. The number of hydrogen-bond acceptors (Lipinski definition) is 5. The Hall–Kier alpha value is -3.02. The smallest absolute Gasteiger partial charge is 0.335 e. The van der Waals surface area contributed by atoms with Crippen molar-refractivity contribution in [3.05, 3.63) is 47.5 Å². The van der Waals surface area contributed by atoms with Crippen LogP contribution >= 0.6 is 0 Å². The van der Waals surface area contributed by atoms with Crippen LogP contribution in [0.15, 0.2) is 41.4 Å². The summed E-state index contributed by atoms with van der Waals surface area (Å²) in [7, 11) is 0. The summed E-state index contributed by atoms with van der Waals surface area (Å²) < 4.78 is 0. The summed E-state index contributed by atoms with van der Waals surface area (Å²) in [6.45, 7) is 0. The van der Waals surface area contributed by atoms with Crippen LogP contribution in [-0.2, 0) is 0 Å². The van der Waals surface area contributed by atoms with Crippen LogP contribution in [0.4, 0.5) is 5.69 Å². The van der Waals surface area contributed by atoms with Crippen molar-refractivity contribution in [2.75, 3.05) is 0 Å². The minimum atomic E-state index is -1.32. The van der Waals surface area contributed by atoms with Gasteiger partial charge in [0.25, 0.3) is 0 Å². The van der Waals surface area contributed by atoms with Gasteiger partial charge in [-0.15, -0.1) is 0 Å². The summed E-state index contributed by atoms with van der Waals surface area (Å²) in [4.78, 5) is 14.8. The predicted octanol–water partition coefficient (Wildman–Crippen LogP) is 1.62. The maximum atomic E-state index is 11.3. The first-order valence-corrected chi connectivity index (χ1v) is 5.58. The number of aliphatic imine (C=N–C) groups is 1. The van der Waals surface area contributed by atoms with E-state index < -0.39 is 11.7 Å². The molecule has 6 nitrogen and oxygen atoms in total. The van der Waals surface area contributed by atoms with Crippen LogP contribution in [0.5, 0.6) is 17.2 Å². The van der Waals surface area contributed by atoms with Crippen molar-refractivity contribution in [2.24, 2.45) is 4.99 Å². The van der Waals surface area contributed by atoms with Crippen LogP contribution in [-0.4, -0.2) is 27.5 Å². The maximum absolute atomic E-state index is 11.3. The summed E-state index contributed by atoms with van der Waals surface area (Å²) in [6.07, 6.45) is 1.31. The lowest BCUT2D eigenvalue weighted by Gasteiger charge is -2.09. The van der Waals surface area contributed by atoms with E-state index in [1.807, 2.05) is 0 Å². The molecule has 0 amide bonds. The summed E-state index contributed by atoms with van der Waals surface area (Å²) in [6, 6.07) is 7.64. The van der Waals surface area contributed by atoms with Gasteiger partial charge in [0.1, 0.15) is 11.5 Å². The molecule has 2 aromatic rings. The van der Waals surface area contributed by atoms with Crippen LogP contribution in [0.2, 0.25) is 0 Å². The lowest BCUT2D eigenvalue weighted by atomic mass is 10.1. The molecule has 102 valence electrons. The van der Waals surface area contributed by atoms with E-state index in [2.05, 4.69) is 4.99 Å². The number of nitrogens with zero attached hydrogens (tertiary/aromatic N) is 1. The van der Waals surface area contributed by atoms with Crippen molar-refractivity contribution in [3.63, 3.8) is 0 Å². The summed E-state index contributed by atoms with van der Waals surface area (Å²) in [5.41, 5.74) is 0.259. The molecular formula is C14H10NO5-. The third kappa shape index (κ3) is 2.86. The molecular weight excluding hydrogens is 262 g/mol. The highest BCUT2D eigenvalue weighted by atomic mass is 16.4. The Morgan fingerprint density at radius 1 is 1.15 bits per heavy atom. The van der Waals surface area contributed by atoms with E-state index in [0.717, 1.165) is 18.2 Å². The van der Waals surface area contributed by atoms with Crippen molar-refractivity contribution in [3.8, 4) is 17.2 Å². The zero-order chi connectivity index (χ0) is 14.7. The quantitative estimate of drug-likeness (QED) is 0.735. The largest absolute Gasteiger partial charge is 0.872 e. The molecule has 6 heteroatoms. The van der Waals surface area contributed by atoms with Crippen molar-refractivity contribution >= 4 is 17.9 Å². The molecule has 0 radical (unpaired) electrons. The highest BCUT2D eigenvalue weighted by Crippen LogP contribution is 2.24. The fourth-order valence-corrected chi connectivity index (χ4v) is 1.55. The van der Waals surface area contributed by atoms with E-state index in [-0.39, 0.29) is 22.7 Å². The number of aromatic hydroxyl groups is 2. The molecule has 0 aromatic heterocycles. The summed E-state index contributed by atoms with van der Waals surface area (Å²) >= 11 is 0. The Balaban J connectivity index is 2.32. The number of carboxylic acid groups (broad SMARTS) is 1. The normalized spacial score (nSPS) is 10.8. The first-order valence-electron chi connectivity index (χ1n) is 5.58. The zero-order valence-electron chi connectivity index (χ0n) is 10.1. The van der Waals surface area contributed by atoms with E-state index >= 15 is 0 Å². The third-order valence-electron chi connectivity index (χ3n) is 2.56. The minimum Gasteiger partial charge on any atom is -0.872 e. The third-order valence-corrected chi connectivity index (χ3v) is 2.56. The summed E-state index contributed by atoms with van der Waals surface area (Å²) in [5, 5.41) is 38.8. The topological polar surface area (TPSA) is 113 Å². The number of rotatable bonds is 3. The van der Waals surface area contributed by atoms with E-state index in [1.165, 1.54) is 24.4 Å². The first-order chi connectivity index (χ1) is 9.47. The molecule has 0 fully saturated rings. The molecule has 0 saturated heterocycles. The second-order valence-electron chi connectivity index (χ2n) is 3.99. The fraction of sp³-hybridized carbons (Fsp3) is 0. The van der Waals surface area contributed by atoms with Gasteiger partial charge in [0, 0.05) is 17.8 Å². The Morgan fingerprint density at radius 2 is 1.90 bits per heavy atom. The lowest BCUT2D eigenvalue weighted by Crippen LogP contribution is -2.02. The zero-order valence-corrected chi connectivity index (χ0v) is 10.1. The average molecular weight is 272 g/mol.